The summed E-state index contributed by atoms with van der Waals surface area (Å²) < 4.78 is 38.2. The molecule has 0 saturated carbocycles. The fourth-order valence-corrected chi connectivity index (χ4v) is 3.28. The highest BCUT2D eigenvalue weighted by molar-refractivity contribution is 7.92. The van der Waals surface area contributed by atoms with Gasteiger partial charge in [0, 0.05) is 6.07 Å². The van der Waals surface area contributed by atoms with Crippen molar-refractivity contribution in [2.75, 3.05) is 17.9 Å². The van der Waals surface area contributed by atoms with Crippen LogP contribution in [0, 0.1) is 13.8 Å². The average molecular weight is 309 g/mol. The number of benzene rings is 1. The molecule has 1 aliphatic heterocycles. The summed E-state index contributed by atoms with van der Waals surface area (Å²) in [6.07, 6.45) is 0. The van der Waals surface area contributed by atoms with Gasteiger partial charge in [-0.15, -0.1) is 0 Å². The maximum atomic E-state index is 12.4. The van der Waals surface area contributed by atoms with Gasteiger partial charge in [-0.3, -0.25) is 9.82 Å². The molecule has 0 fully saturated rings. The SMILES string of the molecule is Cc1n[nH]c(C)c1NS(=O)(=O)c1ccc2c(c1)OCCO2. The Morgan fingerprint density at radius 1 is 1.19 bits per heavy atom. The summed E-state index contributed by atoms with van der Waals surface area (Å²) in [5, 5.41) is 6.71. The fourth-order valence-electron chi connectivity index (χ4n) is 2.09. The Bertz CT molecular complexity index is 763. The highest BCUT2D eigenvalue weighted by atomic mass is 32.2. The van der Waals surface area contributed by atoms with E-state index in [0.717, 1.165) is 0 Å². The number of sulfonamides is 1. The van der Waals surface area contributed by atoms with Gasteiger partial charge in [-0.1, -0.05) is 0 Å². The lowest BCUT2D eigenvalue weighted by Gasteiger charge is -2.19. The minimum absolute atomic E-state index is 0.117. The molecule has 112 valence electrons. The topological polar surface area (TPSA) is 93.3 Å². The Morgan fingerprint density at radius 3 is 2.57 bits per heavy atom. The fraction of sp³-hybridized carbons (Fsp3) is 0.308. The lowest BCUT2D eigenvalue weighted by molar-refractivity contribution is 0.171. The molecule has 0 amide bonds. The number of hydrogen-bond donors (Lipinski definition) is 2. The van der Waals surface area contributed by atoms with Crippen LogP contribution in [0.25, 0.3) is 0 Å². The number of H-pyrrole nitrogens is 1. The van der Waals surface area contributed by atoms with Crippen molar-refractivity contribution in [3.05, 3.63) is 29.6 Å². The van der Waals surface area contributed by atoms with E-state index >= 15 is 0 Å². The van der Waals surface area contributed by atoms with Gasteiger partial charge in [0.05, 0.1) is 22.0 Å². The molecule has 1 aliphatic rings. The minimum Gasteiger partial charge on any atom is -0.486 e. The van der Waals surface area contributed by atoms with Gasteiger partial charge in [0.1, 0.15) is 13.2 Å². The number of nitrogens with zero attached hydrogens (tertiary/aromatic N) is 1. The van der Waals surface area contributed by atoms with Gasteiger partial charge < -0.3 is 9.47 Å². The second-order valence-electron chi connectivity index (χ2n) is 4.72. The van der Waals surface area contributed by atoms with E-state index in [-0.39, 0.29) is 4.90 Å². The van der Waals surface area contributed by atoms with Crippen molar-refractivity contribution < 1.29 is 17.9 Å². The molecule has 2 heterocycles. The first-order chi connectivity index (χ1) is 9.97. The second kappa shape index (κ2) is 4.96. The van der Waals surface area contributed by atoms with Crippen molar-refractivity contribution in [2.45, 2.75) is 18.7 Å². The molecule has 0 radical (unpaired) electrons. The van der Waals surface area contributed by atoms with E-state index in [0.29, 0.717) is 41.8 Å². The molecule has 3 rings (SSSR count). The van der Waals surface area contributed by atoms with Crippen LogP contribution in [0.4, 0.5) is 5.69 Å². The van der Waals surface area contributed by atoms with Crippen LogP contribution in [-0.2, 0) is 10.0 Å². The van der Waals surface area contributed by atoms with Crippen LogP contribution in [0.1, 0.15) is 11.4 Å². The molecule has 0 atom stereocenters. The highest BCUT2D eigenvalue weighted by Gasteiger charge is 2.21. The molecule has 1 aromatic heterocycles. The lowest BCUT2D eigenvalue weighted by atomic mass is 10.3. The first kappa shape index (κ1) is 13.7. The minimum atomic E-state index is -3.71. The maximum Gasteiger partial charge on any atom is 0.262 e. The van der Waals surface area contributed by atoms with Crippen LogP contribution >= 0.6 is 0 Å². The van der Waals surface area contributed by atoms with Gasteiger partial charge in [-0.05, 0) is 26.0 Å². The monoisotopic (exact) mass is 309 g/mol. The Kier molecular flexibility index (Phi) is 3.25. The Labute approximate surface area is 122 Å². The van der Waals surface area contributed by atoms with Crippen LogP contribution in [-0.4, -0.2) is 31.8 Å². The van der Waals surface area contributed by atoms with E-state index in [1.165, 1.54) is 12.1 Å². The number of hydrogen-bond acceptors (Lipinski definition) is 5. The number of aromatic amines is 1. The number of aromatic nitrogens is 2. The lowest BCUT2D eigenvalue weighted by Crippen LogP contribution is -2.17. The number of ether oxygens (including phenoxy) is 2. The molecule has 1 aromatic carbocycles. The van der Waals surface area contributed by atoms with Crippen LogP contribution in [0.3, 0.4) is 0 Å². The summed E-state index contributed by atoms with van der Waals surface area (Å²) in [5.74, 6) is 0.987. The van der Waals surface area contributed by atoms with Crippen LogP contribution in [0.15, 0.2) is 23.1 Å². The van der Waals surface area contributed by atoms with Crippen molar-refractivity contribution in [1.29, 1.82) is 0 Å². The molecule has 7 nitrogen and oxygen atoms in total. The van der Waals surface area contributed by atoms with Gasteiger partial charge in [0.15, 0.2) is 11.5 Å². The van der Waals surface area contributed by atoms with E-state index in [2.05, 4.69) is 14.9 Å². The second-order valence-corrected chi connectivity index (χ2v) is 6.40. The van der Waals surface area contributed by atoms with Crippen LogP contribution in [0.5, 0.6) is 11.5 Å². The Hall–Kier alpha value is -2.22. The zero-order chi connectivity index (χ0) is 15.0. The zero-order valence-electron chi connectivity index (χ0n) is 11.6. The largest absolute Gasteiger partial charge is 0.486 e. The predicted octanol–water partition coefficient (Wildman–Crippen LogP) is 1.60. The first-order valence-corrected chi connectivity index (χ1v) is 7.90. The zero-order valence-corrected chi connectivity index (χ0v) is 12.5. The number of anilines is 1. The van der Waals surface area contributed by atoms with Crippen molar-refractivity contribution in [3.63, 3.8) is 0 Å². The molecule has 2 N–H and O–H groups in total. The normalized spacial score (nSPS) is 14.0. The van der Waals surface area contributed by atoms with Gasteiger partial charge >= 0.3 is 0 Å². The summed E-state index contributed by atoms with van der Waals surface area (Å²) in [6.45, 7) is 4.35. The number of nitrogens with one attached hydrogen (secondary N) is 2. The maximum absolute atomic E-state index is 12.4. The molecule has 0 spiro atoms. The van der Waals surface area contributed by atoms with Gasteiger partial charge in [0.2, 0.25) is 0 Å². The Morgan fingerprint density at radius 2 is 1.90 bits per heavy atom. The summed E-state index contributed by atoms with van der Waals surface area (Å²) in [6, 6.07) is 4.54. The van der Waals surface area contributed by atoms with Gasteiger partial charge in [-0.2, -0.15) is 5.10 Å². The molecular weight excluding hydrogens is 294 g/mol. The molecular formula is C13H15N3O4S. The van der Waals surface area contributed by atoms with E-state index in [1.54, 1.807) is 19.9 Å². The quantitative estimate of drug-likeness (QED) is 0.898. The third-order valence-electron chi connectivity index (χ3n) is 3.19. The van der Waals surface area contributed by atoms with Gasteiger partial charge in [0.25, 0.3) is 10.0 Å². The molecule has 8 heteroatoms. The average Bonchev–Trinajstić information content (AvgIpc) is 2.78. The van der Waals surface area contributed by atoms with Gasteiger partial charge in [-0.25, -0.2) is 8.42 Å². The van der Waals surface area contributed by atoms with Crippen molar-refractivity contribution in [2.24, 2.45) is 0 Å². The number of fused-ring (bicyclic) bond motifs is 1. The van der Waals surface area contributed by atoms with Crippen LogP contribution in [0.2, 0.25) is 0 Å². The molecule has 0 saturated heterocycles. The predicted molar refractivity (Wildman–Crippen MR) is 76.3 cm³/mol. The molecule has 0 aliphatic carbocycles. The summed E-state index contributed by atoms with van der Waals surface area (Å²) >= 11 is 0. The Balaban J connectivity index is 1.95. The summed E-state index contributed by atoms with van der Waals surface area (Å²) in [5.41, 5.74) is 1.71. The molecule has 21 heavy (non-hydrogen) atoms. The molecule has 0 unspecified atom stereocenters. The first-order valence-electron chi connectivity index (χ1n) is 6.41. The van der Waals surface area contributed by atoms with Crippen molar-refractivity contribution in [3.8, 4) is 11.5 Å². The summed E-state index contributed by atoms with van der Waals surface area (Å²) in [4.78, 5) is 0.117. The molecule has 0 bridgehead atoms. The van der Waals surface area contributed by atoms with E-state index in [9.17, 15) is 8.42 Å². The van der Waals surface area contributed by atoms with Crippen LogP contribution < -0.4 is 14.2 Å². The highest BCUT2D eigenvalue weighted by Crippen LogP contribution is 2.33. The summed E-state index contributed by atoms with van der Waals surface area (Å²) in [7, 11) is -3.71. The number of rotatable bonds is 3. The number of aryl methyl sites for hydroxylation is 2. The van der Waals surface area contributed by atoms with Crippen molar-refractivity contribution >= 4 is 15.7 Å². The smallest absolute Gasteiger partial charge is 0.262 e. The third kappa shape index (κ3) is 2.54. The third-order valence-corrected chi connectivity index (χ3v) is 4.54. The van der Waals surface area contributed by atoms with E-state index < -0.39 is 10.0 Å². The van der Waals surface area contributed by atoms with Crippen molar-refractivity contribution in [1.82, 2.24) is 10.2 Å². The standard InChI is InChI=1S/C13H15N3O4S/c1-8-13(9(2)15-14-8)16-21(17,18)10-3-4-11-12(7-10)20-6-5-19-11/h3-4,7,16H,5-6H2,1-2H3,(H,14,15). The van der Waals surface area contributed by atoms with E-state index in [4.69, 9.17) is 9.47 Å². The van der Waals surface area contributed by atoms with E-state index in [1.807, 2.05) is 0 Å². The molecule has 2 aromatic rings.